The summed E-state index contributed by atoms with van der Waals surface area (Å²) in [4.78, 5) is 3.64. The molecular formula is C8H8BrF2NO2. The summed E-state index contributed by atoms with van der Waals surface area (Å²) in [7, 11) is 0. The van der Waals surface area contributed by atoms with E-state index in [0.29, 0.717) is 0 Å². The molecule has 0 radical (unpaired) electrons. The van der Waals surface area contributed by atoms with E-state index in [9.17, 15) is 13.9 Å². The molecule has 0 saturated carbocycles. The molecule has 0 amide bonds. The Hall–Kier alpha value is -0.750. The van der Waals surface area contributed by atoms with Crippen molar-refractivity contribution in [3.05, 3.63) is 23.0 Å². The summed E-state index contributed by atoms with van der Waals surface area (Å²) in [6, 6.07) is 0. The number of hydrogen-bond acceptors (Lipinski definition) is 3. The van der Waals surface area contributed by atoms with Crippen LogP contribution in [0.25, 0.3) is 0 Å². The molecule has 0 saturated heterocycles. The van der Waals surface area contributed by atoms with Crippen molar-refractivity contribution in [2.45, 2.75) is 18.4 Å². The lowest BCUT2D eigenvalue weighted by molar-refractivity contribution is 0.145. The molecule has 1 rings (SSSR count). The van der Waals surface area contributed by atoms with Crippen LogP contribution in [-0.4, -0.2) is 15.2 Å². The summed E-state index contributed by atoms with van der Waals surface area (Å²) < 4.78 is 24.7. The molecule has 2 N–H and O–H groups in total. The van der Waals surface area contributed by atoms with Crippen LogP contribution in [0.4, 0.5) is 8.78 Å². The summed E-state index contributed by atoms with van der Waals surface area (Å²) >= 11 is 3.04. The summed E-state index contributed by atoms with van der Waals surface area (Å²) in [5.41, 5.74) is -0.363. The number of aromatic hydroxyl groups is 1. The fourth-order valence-corrected chi connectivity index (χ4v) is 1.46. The zero-order valence-electron chi connectivity index (χ0n) is 7.04. The van der Waals surface area contributed by atoms with Gasteiger partial charge in [0.2, 0.25) is 0 Å². The first-order valence-corrected chi connectivity index (χ1v) is 4.88. The monoisotopic (exact) mass is 267 g/mol. The molecule has 0 aromatic carbocycles. The van der Waals surface area contributed by atoms with Crippen molar-refractivity contribution in [3.8, 4) is 5.75 Å². The number of alkyl halides is 3. The second-order valence-corrected chi connectivity index (χ2v) is 3.14. The van der Waals surface area contributed by atoms with Crippen molar-refractivity contribution >= 4 is 15.9 Å². The van der Waals surface area contributed by atoms with Crippen LogP contribution in [-0.2, 0) is 11.9 Å². The first kappa shape index (κ1) is 11.3. The Morgan fingerprint density at radius 1 is 1.50 bits per heavy atom. The number of aliphatic hydroxyl groups is 1. The molecule has 0 aliphatic carbocycles. The standard InChI is InChI=1S/C8H8BrF2NO2/c9-1-6-7(14)5(3-13)4(2-12-6)8(10)11/h2,8,13-14H,1,3H2. The molecule has 1 heterocycles. The molecule has 0 aliphatic heterocycles. The van der Waals surface area contributed by atoms with Crippen LogP contribution >= 0.6 is 15.9 Å². The average Bonchev–Trinajstić information content (AvgIpc) is 2.17. The normalized spacial score (nSPS) is 10.9. The predicted octanol–water partition coefficient (Wildman–Crippen LogP) is 2.11. The molecule has 0 bridgehead atoms. The molecule has 1 aromatic heterocycles. The molecule has 0 atom stereocenters. The van der Waals surface area contributed by atoms with Crippen molar-refractivity contribution in [3.63, 3.8) is 0 Å². The molecule has 78 valence electrons. The van der Waals surface area contributed by atoms with E-state index in [1.54, 1.807) is 0 Å². The topological polar surface area (TPSA) is 53.4 Å². The second kappa shape index (κ2) is 4.65. The third-order valence-electron chi connectivity index (χ3n) is 1.79. The zero-order chi connectivity index (χ0) is 10.7. The van der Waals surface area contributed by atoms with Gasteiger partial charge >= 0.3 is 0 Å². The summed E-state index contributed by atoms with van der Waals surface area (Å²) in [5, 5.41) is 18.5. The van der Waals surface area contributed by atoms with Gasteiger partial charge < -0.3 is 10.2 Å². The van der Waals surface area contributed by atoms with Crippen LogP contribution < -0.4 is 0 Å². The van der Waals surface area contributed by atoms with Gasteiger partial charge in [-0.15, -0.1) is 0 Å². The Balaban J connectivity index is 3.28. The smallest absolute Gasteiger partial charge is 0.265 e. The summed E-state index contributed by atoms with van der Waals surface area (Å²) in [5.74, 6) is -0.373. The van der Waals surface area contributed by atoms with Crippen LogP contribution in [0.1, 0.15) is 23.2 Å². The maximum absolute atomic E-state index is 12.4. The predicted molar refractivity (Wildman–Crippen MR) is 49.4 cm³/mol. The molecule has 6 heteroatoms. The van der Waals surface area contributed by atoms with Crippen molar-refractivity contribution in [1.29, 1.82) is 0 Å². The van der Waals surface area contributed by atoms with Crippen molar-refractivity contribution in [2.24, 2.45) is 0 Å². The van der Waals surface area contributed by atoms with E-state index in [1.807, 2.05) is 0 Å². The molecule has 3 nitrogen and oxygen atoms in total. The number of pyridine rings is 1. The van der Waals surface area contributed by atoms with Gasteiger partial charge in [-0.3, -0.25) is 4.98 Å². The van der Waals surface area contributed by atoms with Crippen molar-refractivity contribution < 1.29 is 19.0 Å². The van der Waals surface area contributed by atoms with E-state index in [2.05, 4.69) is 20.9 Å². The van der Waals surface area contributed by atoms with Gasteiger partial charge in [0, 0.05) is 22.7 Å². The van der Waals surface area contributed by atoms with Crippen LogP contribution in [0.3, 0.4) is 0 Å². The van der Waals surface area contributed by atoms with Crippen LogP contribution in [0.5, 0.6) is 5.75 Å². The Morgan fingerprint density at radius 2 is 2.14 bits per heavy atom. The number of aliphatic hydroxyl groups excluding tert-OH is 1. The number of nitrogens with zero attached hydrogens (tertiary/aromatic N) is 1. The highest BCUT2D eigenvalue weighted by molar-refractivity contribution is 9.08. The van der Waals surface area contributed by atoms with Gasteiger partial charge in [0.15, 0.2) is 0 Å². The molecule has 14 heavy (non-hydrogen) atoms. The number of rotatable bonds is 3. The quantitative estimate of drug-likeness (QED) is 0.825. The maximum Gasteiger partial charge on any atom is 0.265 e. The van der Waals surface area contributed by atoms with E-state index in [-0.39, 0.29) is 22.3 Å². The fourth-order valence-electron chi connectivity index (χ4n) is 1.05. The maximum atomic E-state index is 12.4. The molecule has 1 aromatic rings. The molecule has 0 spiro atoms. The molecular weight excluding hydrogens is 260 g/mol. The lowest BCUT2D eigenvalue weighted by Gasteiger charge is -2.10. The van der Waals surface area contributed by atoms with E-state index in [1.165, 1.54) is 0 Å². The third kappa shape index (κ3) is 2.01. The first-order valence-electron chi connectivity index (χ1n) is 3.76. The van der Waals surface area contributed by atoms with Gasteiger partial charge in [-0.25, -0.2) is 8.78 Å². The Kier molecular flexibility index (Phi) is 3.77. The van der Waals surface area contributed by atoms with Crippen LogP contribution in [0.15, 0.2) is 6.20 Å². The van der Waals surface area contributed by atoms with Crippen LogP contribution in [0.2, 0.25) is 0 Å². The highest BCUT2D eigenvalue weighted by atomic mass is 79.9. The van der Waals surface area contributed by atoms with E-state index < -0.39 is 18.6 Å². The van der Waals surface area contributed by atoms with E-state index in [4.69, 9.17) is 5.11 Å². The van der Waals surface area contributed by atoms with E-state index in [0.717, 1.165) is 6.20 Å². The fraction of sp³-hybridized carbons (Fsp3) is 0.375. The van der Waals surface area contributed by atoms with Gasteiger partial charge in [0.25, 0.3) is 6.43 Å². The lowest BCUT2D eigenvalue weighted by atomic mass is 10.1. The lowest BCUT2D eigenvalue weighted by Crippen LogP contribution is -2.00. The van der Waals surface area contributed by atoms with Gasteiger partial charge in [-0.1, -0.05) is 15.9 Å². The minimum atomic E-state index is -2.75. The van der Waals surface area contributed by atoms with Gasteiger partial charge in [0.1, 0.15) is 5.75 Å². The van der Waals surface area contributed by atoms with Crippen molar-refractivity contribution in [1.82, 2.24) is 4.98 Å². The second-order valence-electron chi connectivity index (χ2n) is 2.58. The van der Waals surface area contributed by atoms with Gasteiger partial charge in [-0.2, -0.15) is 0 Å². The average molecular weight is 268 g/mol. The molecule has 0 aliphatic rings. The minimum absolute atomic E-state index is 0.163. The highest BCUT2D eigenvalue weighted by Gasteiger charge is 2.18. The highest BCUT2D eigenvalue weighted by Crippen LogP contribution is 2.31. The summed E-state index contributed by atoms with van der Waals surface area (Å²) in [6.45, 7) is -0.631. The largest absolute Gasteiger partial charge is 0.506 e. The van der Waals surface area contributed by atoms with Crippen molar-refractivity contribution in [2.75, 3.05) is 0 Å². The third-order valence-corrected chi connectivity index (χ3v) is 2.32. The number of aromatic nitrogens is 1. The molecule has 0 fully saturated rings. The minimum Gasteiger partial charge on any atom is -0.506 e. The van der Waals surface area contributed by atoms with Gasteiger partial charge in [-0.05, 0) is 0 Å². The van der Waals surface area contributed by atoms with E-state index >= 15 is 0 Å². The SMILES string of the molecule is OCc1c(C(F)F)cnc(CBr)c1O. The van der Waals surface area contributed by atoms with Gasteiger partial charge in [0.05, 0.1) is 12.3 Å². The number of hydrogen-bond donors (Lipinski definition) is 2. The Morgan fingerprint density at radius 3 is 2.57 bits per heavy atom. The summed E-state index contributed by atoms with van der Waals surface area (Å²) in [6.07, 6.45) is -1.79. The Labute approximate surface area is 87.5 Å². The first-order chi connectivity index (χ1) is 6.61. The molecule has 0 unspecified atom stereocenters. The van der Waals surface area contributed by atoms with Crippen LogP contribution in [0, 0.1) is 0 Å². The Bertz CT molecular complexity index is 333. The number of halogens is 3. The zero-order valence-corrected chi connectivity index (χ0v) is 8.63.